The summed E-state index contributed by atoms with van der Waals surface area (Å²) in [6, 6.07) is 0.370. The Morgan fingerprint density at radius 1 is 1.67 bits per heavy atom. The van der Waals surface area contributed by atoms with Crippen molar-refractivity contribution >= 4 is 5.91 Å². The summed E-state index contributed by atoms with van der Waals surface area (Å²) >= 11 is 0. The number of aromatic amines is 1. The Kier molecular flexibility index (Phi) is 2.73. The number of carbonyl (C=O) groups is 1. The smallest absolute Gasteiger partial charge is 0.257 e. The highest BCUT2D eigenvalue weighted by Gasteiger charge is 2.23. The topological polar surface area (TPSA) is 61.0 Å². The molecule has 1 aliphatic rings. The summed E-state index contributed by atoms with van der Waals surface area (Å²) in [5.41, 5.74) is 1.52. The minimum Gasteiger partial charge on any atom is -0.336 e. The lowest BCUT2D eigenvalue weighted by Gasteiger charge is -2.31. The van der Waals surface area contributed by atoms with E-state index in [1.165, 1.54) is 0 Å². The molecule has 1 atom stereocenters. The highest BCUT2D eigenvalue weighted by atomic mass is 16.2. The van der Waals surface area contributed by atoms with Crippen LogP contribution in [0, 0.1) is 6.92 Å². The average Bonchev–Trinajstić information content (AvgIpc) is 2.63. The molecule has 15 heavy (non-hydrogen) atoms. The Labute approximate surface area is 88.8 Å². The molecule has 82 valence electrons. The molecule has 5 heteroatoms. The molecule has 1 amide bonds. The van der Waals surface area contributed by atoms with Crippen molar-refractivity contribution in [1.29, 1.82) is 0 Å². The van der Waals surface area contributed by atoms with E-state index < -0.39 is 0 Å². The van der Waals surface area contributed by atoms with Crippen molar-refractivity contribution in [3.05, 3.63) is 17.5 Å². The standard InChI is InChI=1S/C10H16N4O/c1-7-6-14(4-3-11-7)10(15)9-5-12-13-8(9)2/h5,7,11H,3-4,6H2,1-2H3,(H,12,13)/t7-/m0/s1. The molecule has 2 N–H and O–H groups in total. The highest BCUT2D eigenvalue weighted by molar-refractivity contribution is 5.95. The quantitative estimate of drug-likeness (QED) is 0.690. The largest absolute Gasteiger partial charge is 0.336 e. The number of amides is 1. The zero-order valence-electron chi connectivity index (χ0n) is 9.08. The van der Waals surface area contributed by atoms with Crippen LogP contribution >= 0.6 is 0 Å². The number of rotatable bonds is 1. The monoisotopic (exact) mass is 208 g/mol. The SMILES string of the molecule is Cc1[nH]ncc1C(=O)N1CCN[C@@H](C)C1. The van der Waals surface area contributed by atoms with Crippen molar-refractivity contribution in [3.8, 4) is 0 Å². The van der Waals surface area contributed by atoms with E-state index in [1.54, 1.807) is 6.20 Å². The molecule has 1 aromatic rings. The first kappa shape index (κ1) is 10.2. The van der Waals surface area contributed by atoms with Gasteiger partial charge in [0, 0.05) is 31.4 Å². The Bertz CT molecular complexity index is 360. The van der Waals surface area contributed by atoms with Gasteiger partial charge in [0.1, 0.15) is 0 Å². The van der Waals surface area contributed by atoms with Crippen LogP contribution in [-0.4, -0.2) is 46.7 Å². The highest BCUT2D eigenvalue weighted by Crippen LogP contribution is 2.09. The molecule has 0 bridgehead atoms. The Morgan fingerprint density at radius 2 is 2.47 bits per heavy atom. The fourth-order valence-electron chi connectivity index (χ4n) is 1.85. The maximum absolute atomic E-state index is 12.1. The second-order valence-corrected chi connectivity index (χ2v) is 4.02. The van der Waals surface area contributed by atoms with E-state index in [1.807, 2.05) is 11.8 Å². The van der Waals surface area contributed by atoms with Gasteiger partial charge in [-0.25, -0.2) is 0 Å². The van der Waals surface area contributed by atoms with Gasteiger partial charge in [0.05, 0.1) is 11.8 Å². The van der Waals surface area contributed by atoms with Crippen LogP contribution in [0.5, 0.6) is 0 Å². The fraction of sp³-hybridized carbons (Fsp3) is 0.600. The summed E-state index contributed by atoms with van der Waals surface area (Å²) in [5, 5.41) is 9.96. The van der Waals surface area contributed by atoms with Gasteiger partial charge in [0.25, 0.3) is 5.91 Å². The number of piperazine rings is 1. The van der Waals surface area contributed by atoms with Gasteiger partial charge in [-0.05, 0) is 13.8 Å². The van der Waals surface area contributed by atoms with Gasteiger partial charge < -0.3 is 10.2 Å². The molecule has 0 unspecified atom stereocenters. The number of aryl methyl sites for hydroxylation is 1. The third-order valence-electron chi connectivity index (χ3n) is 2.72. The van der Waals surface area contributed by atoms with Crippen molar-refractivity contribution in [1.82, 2.24) is 20.4 Å². The summed E-state index contributed by atoms with van der Waals surface area (Å²) in [6.45, 7) is 6.36. The first-order valence-electron chi connectivity index (χ1n) is 5.21. The van der Waals surface area contributed by atoms with E-state index >= 15 is 0 Å². The van der Waals surface area contributed by atoms with Crippen LogP contribution in [0.25, 0.3) is 0 Å². The molecule has 0 radical (unpaired) electrons. The number of hydrogen-bond acceptors (Lipinski definition) is 3. The maximum Gasteiger partial charge on any atom is 0.257 e. The lowest BCUT2D eigenvalue weighted by Crippen LogP contribution is -2.51. The number of H-pyrrole nitrogens is 1. The van der Waals surface area contributed by atoms with Gasteiger partial charge in [-0.1, -0.05) is 0 Å². The molecule has 0 aliphatic carbocycles. The summed E-state index contributed by atoms with van der Waals surface area (Å²) in [7, 11) is 0. The number of hydrogen-bond donors (Lipinski definition) is 2. The average molecular weight is 208 g/mol. The molecule has 0 spiro atoms. The van der Waals surface area contributed by atoms with E-state index in [2.05, 4.69) is 22.4 Å². The molecule has 1 aliphatic heterocycles. The van der Waals surface area contributed by atoms with Gasteiger partial charge in [0.15, 0.2) is 0 Å². The van der Waals surface area contributed by atoms with Gasteiger partial charge >= 0.3 is 0 Å². The molecule has 2 rings (SSSR count). The van der Waals surface area contributed by atoms with E-state index in [0.29, 0.717) is 11.6 Å². The Hall–Kier alpha value is -1.36. The molecular weight excluding hydrogens is 192 g/mol. The second-order valence-electron chi connectivity index (χ2n) is 4.02. The van der Waals surface area contributed by atoms with Gasteiger partial charge in [-0.15, -0.1) is 0 Å². The first-order valence-corrected chi connectivity index (χ1v) is 5.21. The van der Waals surface area contributed by atoms with Crippen molar-refractivity contribution < 1.29 is 4.79 Å². The summed E-state index contributed by atoms with van der Waals surface area (Å²) in [5.74, 6) is 0.0783. The minimum atomic E-state index is 0.0783. The van der Waals surface area contributed by atoms with Crippen LogP contribution in [0.4, 0.5) is 0 Å². The van der Waals surface area contributed by atoms with Crippen molar-refractivity contribution in [2.24, 2.45) is 0 Å². The summed E-state index contributed by atoms with van der Waals surface area (Å²) in [4.78, 5) is 13.9. The van der Waals surface area contributed by atoms with Crippen LogP contribution in [0.2, 0.25) is 0 Å². The maximum atomic E-state index is 12.1. The van der Waals surface area contributed by atoms with Gasteiger partial charge in [0.2, 0.25) is 0 Å². The van der Waals surface area contributed by atoms with Gasteiger partial charge in [-0.3, -0.25) is 9.89 Å². The lowest BCUT2D eigenvalue weighted by atomic mass is 10.2. The third kappa shape index (κ3) is 2.02. The van der Waals surface area contributed by atoms with Crippen LogP contribution in [0.15, 0.2) is 6.20 Å². The van der Waals surface area contributed by atoms with Crippen molar-refractivity contribution in [2.45, 2.75) is 19.9 Å². The van der Waals surface area contributed by atoms with Crippen LogP contribution in [0.3, 0.4) is 0 Å². The number of nitrogens with zero attached hydrogens (tertiary/aromatic N) is 2. The molecule has 1 saturated heterocycles. The summed E-state index contributed by atoms with van der Waals surface area (Å²) in [6.07, 6.45) is 1.60. The van der Waals surface area contributed by atoms with Crippen LogP contribution < -0.4 is 5.32 Å². The number of aromatic nitrogens is 2. The molecule has 2 heterocycles. The van der Waals surface area contributed by atoms with Crippen molar-refractivity contribution in [2.75, 3.05) is 19.6 Å². The molecule has 0 saturated carbocycles. The van der Waals surface area contributed by atoms with Crippen LogP contribution in [0.1, 0.15) is 23.0 Å². The number of carbonyl (C=O) groups excluding carboxylic acids is 1. The third-order valence-corrected chi connectivity index (χ3v) is 2.72. The zero-order chi connectivity index (χ0) is 10.8. The zero-order valence-corrected chi connectivity index (χ0v) is 9.08. The normalized spacial score (nSPS) is 21.7. The second kappa shape index (κ2) is 4.02. The van der Waals surface area contributed by atoms with E-state index in [9.17, 15) is 4.79 Å². The lowest BCUT2D eigenvalue weighted by molar-refractivity contribution is 0.0708. The minimum absolute atomic E-state index is 0.0783. The Balaban J connectivity index is 2.11. The van der Waals surface area contributed by atoms with Crippen molar-refractivity contribution in [3.63, 3.8) is 0 Å². The predicted molar refractivity (Wildman–Crippen MR) is 56.7 cm³/mol. The molecule has 5 nitrogen and oxygen atoms in total. The fourth-order valence-corrected chi connectivity index (χ4v) is 1.85. The molecule has 1 aromatic heterocycles. The Morgan fingerprint density at radius 3 is 3.07 bits per heavy atom. The van der Waals surface area contributed by atoms with E-state index in [-0.39, 0.29) is 5.91 Å². The van der Waals surface area contributed by atoms with Crippen LogP contribution in [-0.2, 0) is 0 Å². The summed E-state index contributed by atoms with van der Waals surface area (Å²) < 4.78 is 0. The molecule has 0 aromatic carbocycles. The molecule has 1 fully saturated rings. The van der Waals surface area contributed by atoms with E-state index in [0.717, 1.165) is 25.3 Å². The molecular formula is C10H16N4O. The first-order chi connectivity index (χ1) is 7.18. The van der Waals surface area contributed by atoms with Gasteiger partial charge in [-0.2, -0.15) is 5.10 Å². The predicted octanol–water partition coefficient (Wildman–Crippen LogP) is 0.152. The number of nitrogens with one attached hydrogen (secondary N) is 2. The van der Waals surface area contributed by atoms with E-state index in [4.69, 9.17) is 0 Å².